The average Bonchev–Trinajstić information content (AvgIpc) is 2.37. The molecule has 4 nitrogen and oxygen atoms in total. The summed E-state index contributed by atoms with van der Waals surface area (Å²) in [5, 5.41) is 9.32. The molecule has 1 aromatic rings. The third-order valence-electron chi connectivity index (χ3n) is 3.73. The van der Waals surface area contributed by atoms with E-state index in [0.717, 1.165) is 32.4 Å². The monoisotopic (exact) mass is 248 g/mol. The smallest absolute Gasteiger partial charge is 0.321 e. The number of nitrogens with zero attached hydrogens (tertiary/aromatic N) is 2. The van der Waals surface area contributed by atoms with E-state index in [-0.39, 0.29) is 12.0 Å². The van der Waals surface area contributed by atoms with Gasteiger partial charge in [-0.25, -0.2) is 0 Å². The number of hydrogen-bond donors (Lipinski definition) is 1. The van der Waals surface area contributed by atoms with Gasteiger partial charge in [0, 0.05) is 18.9 Å². The summed E-state index contributed by atoms with van der Waals surface area (Å²) >= 11 is 0. The van der Waals surface area contributed by atoms with Crippen molar-refractivity contribution in [2.45, 2.75) is 32.2 Å². The van der Waals surface area contributed by atoms with Crippen molar-refractivity contribution in [1.82, 2.24) is 9.88 Å². The number of likely N-dealkylation sites (tertiary alicyclic amines) is 1. The van der Waals surface area contributed by atoms with Gasteiger partial charge >= 0.3 is 5.97 Å². The topological polar surface area (TPSA) is 53.4 Å². The van der Waals surface area contributed by atoms with E-state index in [4.69, 9.17) is 0 Å². The molecule has 1 saturated heterocycles. The lowest BCUT2D eigenvalue weighted by molar-refractivity contribution is -0.146. The molecule has 1 N–H and O–H groups in total. The fourth-order valence-corrected chi connectivity index (χ4v) is 2.75. The predicted molar refractivity (Wildman–Crippen MR) is 69.3 cm³/mol. The van der Waals surface area contributed by atoms with Crippen LogP contribution in [0.2, 0.25) is 0 Å². The highest BCUT2D eigenvalue weighted by atomic mass is 16.4. The first-order valence-corrected chi connectivity index (χ1v) is 6.54. The fraction of sp³-hybridized carbons (Fsp3) is 0.571. The average molecular weight is 248 g/mol. The van der Waals surface area contributed by atoms with Crippen LogP contribution in [0.25, 0.3) is 0 Å². The Kier molecular flexibility index (Phi) is 4.31. The van der Waals surface area contributed by atoms with E-state index >= 15 is 0 Å². The highest BCUT2D eigenvalue weighted by Gasteiger charge is 2.33. The van der Waals surface area contributed by atoms with Crippen molar-refractivity contribution in [3.05, 3.63) is 30.1 Å². The third-order valence-corrected chi connectivity index (χ3v) is 3.73. The van der Waals surface area contributed by atoms with Gasteiger partial charge in [-0.2, -0.15) is 0 Å². The van der Waals surface area contributed by atoms with Crippen molar-refractivity contribution in [2.24, 2.45) is 5.92 Å². The molecular formula is C14H20N2O2. The number of carboxylic acid groups (broad SMARTS) is 1. The molecule has 0 aliphatic carbocycles. The zero-order chi connectivity index (χ0) is 13.0. The molecule has 0 saturated carbocycles. The molecule has 1 aromatic heterocycles. The second-order valence-corrected chi connectivity index (χ2v) is 5.04. The number of carboxylic acids is 1. The standard InChI is InChI=1S/C14H20N2O2/c1-11-3-2-9-16(13(11)14(17)18)10-6-12-4-7-15-8-5-12/h4-5,7-8,11,13H,2-3,6,9-10H2,1H3,(H,17,18). The minimum absolute atomic E-state index is 0.244. The third kappa shape index (κ3) is 3.07. The first-order valence-electron chi connectivity index (χ1n) is 6.54. The van der Waals surface area contributed by atoms with Gasteiger partial charge in [0.1, 0.15) is 6.04 Å². The summed E-state index contributed by atoms with van der Waals surface area (Å²) in [4.78, 5) is 17.4. The van der Waals surface area contributed by atoms with Crippen molar-refractivity contribution in [3.8, 4) is 0 Å². The summed E-state index contributed by atoms with van der Waals surface area (Å²) in [6.45, 7) is 3.75. The fourth-order valence-electron chi connectivity index (χ4n) is 2.75. The lowest BCUT2D eigenvalue weighted by atomic mass is 9.90. The Morgan fingerprint density at radius 2 is 2.22 bits per heavy atom. The van der Waals surface area contributed by atoms with E-state index in [0.29, 0.717) is 0 Å². The van der Waals surface area contributed by atoms with Crippen molar-refractivity contribution >= 4 is 5.97 Å². The lowest BCUT2D eigenvalue weighted by Crippen LogP contribution is -2.49. The van der Waals surface area contributed by atoms with E-state index in [1.807, 2.05) is 19.1 Å². The number of pyridine rings is 1. The molecule has 1 fully saturated rings. The van der Waals surface area contributed by atoms with Crippen LogP contribution in [0.4, 0.5) is 0 Å². The van der Waals surface area contributed by atoms with Crippen molar-refractivity contribution in [3.63, 3.8) is 0 Å². The molecular weight excluding hydrogens is 228 g/mol. The second-order valence-electron chi connectivity index (χ2n) is 5.04. The van der Waals surface area contributed by atoms with Crippen LogP contribution < -0.4 is 0 Å². The van der Waals surface area contributed by atoms with Gasteiger partial charge in [-0.3, -0.25) is 14.7 Å². The molecule has 18 heavy (non-hydrogen) atoms. The molecule has 0 spiro atoms. The maximum atomic E-state index is 11.3. The Hall–Kier alpha value is -1.42. The van der Waals surface area contributed by atoms with Crippen molar-refractivity contribution in [2.75, 3.05) is 13.1 Å². The molecule has 2 heterocycles. The Bertz CT molecular complexity index is 394. The Morgan fingerprint density at radius 1 is 1.50 bits per heavy atom. The summed E-state index contributed by atoms with van der Waals surface area (Å²) in [5.41, 5.74) is 1.22. The largest absolute Gasteiger partial charge is 0.480 e. The Labute approximate surface area is 108 Å². The summed E-state index contributed by atoms with van der Waals surface area (Å²) in [6.07, 6.45) is 6.56. The molecule has 2 atom stereocenters. The molecule has 1 aliphatic rings. The van der Waals surface area contributed by atoms with Gasteiger partial charge in [0.05, 0.1) is 0 Å². The summed E-state index contributed by atoms with van der Waals surface area (Å²) < 4.78 is 0. The van der Waals surface area contributed by atoms with Gasteiger partial charge in [-0.15, -0.1) is 0 Å². The second kappa shape index (κ2) is 5.96. The lowest BCUT2D eigenvalue weighted by Gasteiger charge is -2.37. The summed E-state index contributed by atoms with van der Waals surface area (Å²) in [7, 11) is 0. The first-order chi connectivity index (χ1) is 8.68. The van der Waals surface area contributed by atoms with E-state index in [9.17, 15) is 9.90 Å². The molecule has 0 bridgehead atoms. The quantitative estimate of drug-likeness (QED) is 0.883. The zero-order valence-electron chi connectivity index (χ0n) is 10.7. The minimum Gasteiger partial charge on any atom is -0.480 e. The van der Waals surface area contributed by atoms with E-state index < -0.39 is 5.97 Å². The van der Waals surface area contributed by atoms with Crippen LogP contribution in [0.15, 0.2) is 24.5 Å². The molecule has 0 aromatic carbocycles. The van der Waals surface area contributed by atoms with Gasteiger partial charge < -0.3 is 5.11 Å². The predicted octanol–water partition coefficient (Wildman–Crippen LogP) is 1.81. The van der Waals surface area contributed by atoms with Crippen molar-refractivity contribution < 1.29 is 9.90 Å². The number of hydrogen-bond acceptors (Lipinski definition) is 3. The van der Waals surface area contributed by atoms with Crippen LogP contribution in [0.3, 0.4) is 0 Å². The highest BCUT2D eigenvalue weighted by molar-refractivity contribution is 5.74. The van der Waals surface area contributed by atoms with Crippen LogP contribution in [0, 0.1) is 5.92 Å². The SMILES string of the molecule is CC1CCCN(CCc2ccncc2)C1C(=O)O. The normalized spacial score (nSPS) is 24.9. The van der Waals surface area contributed by atoms with Crippen LogP contribution in [-0.2, 0) is 11.2 Å². The maximum absolute atomic E-state index is 11.3. The van der Waals surface area contributed by atoms with Crippen LogP contribution in [0.1, 0.15) is 25.3 Å². The Morgan fingerprint density at radius 3 is 2.89 bits per heavy atom. The number of rotatable bonds is 4. The Balaban J connectivity index is 1.96. The van der Waals surface area contributed by atoms with Gasteiger partial charge in [0.15, 0.2) is 0 Å². The molecule has 2 rings (SSSR count). The van der Waals surface area contributed by atoms with Crippen LogP contribution in [-0.4, -0.2) is 40.1 Å². The maximum Gasteiger partial charge on any atom is 0.321 e. The van der Waals surface area contributed by atoms with Crippen LogP contribution in [0.5, 0.6) is 0 Å². The zero-order valence-corrected chi connectivity index (χ0v) is 10.7. The molecule has 0 radical (unpaired) electrons. The van der Waals surface area contributed by atoms with Gasteiger partial charge in [-0.1, -0.05) is 6.92 Å². The molecule has 98 valence electrons. The van der Waals surface area contributed by atoms with E-state index in [1.54, 1.807) is 12.4 Å². The molecule has 2 unspecified atom stereocenters. The molecule has 1 aliphatic heterocycles. The van der Waals surface area contributed by atoms with Crippen molar-refractivity contribution in [1.29, 1.82) is 0 Å². The number of aromatic nitrogens is 1. The first kappa shape index (κ1) is 13.0. The van der Waals surface area contributed by atoms with E-state index in [1.165, 1.54) is 5.56 Å². The number of carbonyl (C=O) groups is 1. The van der Waals surface area contributed by atoms with Gasteiger partial charge in [0.2, 0.25) is 0 Å². The highest BCUT2D eigenvalue weighted by Crippen LogP contribution is 2.23. The van der Waals surface area contributed by atoms with E-state index in [2.05, 4.69) is 9.88 Å². The minimum atomic E-state index is -0.683. The number of piperidine rings is 1. The van der Waals surface area contributed by atoms with Gasteiger partial charge in [-0.05, 0) is 49.4 Å². The summed E-state index contributed by atoms with van der Waals surface area (Å²) in [5.74, 6) is -0.439. The molecule has 4 heteroatoms. The molecule has 0 amide bonds. The summed E-state index contributed by atoms with van der Waals surface area (Å²) in [6, 6.07) is 3.66. The van der Waals surface area contributed by atoms with Gasteiger partial charge in [0.25, 0.3) is 0 Å². The number of aliphatic carboxylic acids is 1. The van der Waals surface area contributed by atoms with Crippen LogP contribution >= 0.6 is 0 Å².